The van der Waals surface area contributed by atoms with Gasteiger partial charge in [-0.1, -0.05) is 23.7 Å². The number of thioether (sulfide) groups is 1. The molecule has 1 aromatic heterocycles. The summed E-state index contributed by atoms with van der Waals surface area (Å²) in [4.78, 5) is 2.62. The summed E-state index contributed by atoms with van der Waals surface area (Å²) in [6, 6.07) is 12.2. The predicted octanol–water partition coefficient (Wildman–Crippen LogP) is 4.28. The van der Waals surface area contributed by atoms with E-state index in [0.717, 1.165) is 23.9 Å². The van der Waals surface area contributed by atoms with Gasteiger partial charge in [0.2, 0.25) is 0 Å². The molecule has 1 N–H and O–H groups in total. The van der Waals surface area contributed by atoms with Crippen molar-refractivity contribution in [2.45, 2.75) is 11.4 Å². The summed E-state index contributed by atoms with van der Waals surface area (Å²) >= 11 is 9.55. The second-order valence-electron chi connectivity index (χ2n) is 3.56. The summed E-state index contributed by atoms with van der Waals surface area (Å²) in [6.07, 6.45) is 0. The summed E-state index contributed by atoms with van der Waals surface area (Å²) in [5.41, 5.74) is 0. The highest BCUT2D eigenvalue weighted by Crippen LogP contribution is 2.20. The highest BCUT2D eigenvalue weighted by molar-refractivity contribution is 7.99. The van der Waals surface area contributed by atoms with Gasteiger partial charge in [0.25, 0.3) is 0 Å². The topological polar surface area (TPSA) is 12.0 Å². The maximum Gasteiger partial charge on any atom is 0.0417 e. The third-order valence-electron chi connectivity index (χ3n) is 2.22. The smallest absolute Gasteiger partial charge is 0.0417 e. The van der Waals surface area contributed by atoms with Crippen LogP contribution in [-0.4, -0.2) is 12.3 Å². The Morgan fingerprint density at radius 1 is 1.24 bits per heavy atom. The molecule has 0 aliphatic rings. The number of halogens is 1. The molecule has 1 nitrogen and oxygen atoms in total. The molecule has 1 aromatic carbocycles. The fourth-order valence-corrected chi connectivity index (χ4v) is 3.22. The van der Waals surface area contributed by atoms with Crippen LogP contribution in [0.15, 0.2) is 46.7 Å². The van der Waals surface area contributed by atoms with E-state index in [9.17, 15) is 0 Å². The molecule has 0 unspecified atom stereocenters. The molecule has 1 heterocycles. The van der Waals surface area contributed by atoms with Gasteiger partial charge in [-0.3, -0.25) is 0 Å². The lowest BCUT2D eigenvalue weighted by Gasteiger charge is -2.03. The van der Waals surface area contributed by atoms with E-state index in [1.807, 2.05) is 30.0 Å². The van der Waals surface area contributed by atoms with Crippen molar-refractivity contribution in [3.8, 4) is 0 Å². The Morgan fingerprint density at radius 2 is 2.18 bits per heavy atom. The summed E-state index contributed by atoms with van der Waals surface area (Å²) < 4.78 is 0. The van der Waals surface area contributed by atoms with Crippen LogP contribution in [0.1, 0.15) is 4.88 Å². The monoisotopic (exact) mass is 283 g/mol. The Labute approximate surface area is 115 Å². The lowest BCUT2D eigenvalue weighted by atomic mass is 10.4. The molecular weight excluding hydrogens is 270 g/mol. The zero-order valence-electron chi connectivity index (χ0n) is 9.36. The van der Waals surface area contributed by atoms with Crippen LogP contribution in [0.3, 0.4) is 0 Å². The van der Waals surface area contributed by atoms with Crippen molar-refractivity contribution in [1.82, 2.24) is 5.32 Å². The van der Waals surface area contributed by atoms with Crippen LogP contribution in [0, 0.1) is 0 Å². The first-order chi connectivity index (χ1) is 8.34. The van der Waals surface area contributed by atoms with Crippen molar-refractivity contribution < 1.29 is 0 Å². The Balaban J connectivity index is 1.63. The number of rotatable bonds is 6. The predicted molar refractivity (Wildman–Crippen MR) is 78.2 cm³/mol. The Bertz CT molecular complexity index is 442. The molecule has 0 fully saturated rings. The molecule has 0 atom stereocenters. The largest absolute Gasteiger partial charge is 0.311 e. The van der Waals surface area contributed by atoms with E-state index >= 15 is 0 Å². The SMILES string of the molecule is Clc1cccc(SCCNCc2cccs2)c1. The second kappa shape index (κ2) is 7.07. The molecule has 2 rings (SSSR count). The number of hydrogen-bond donors (Lipinski definition) is 1. The van der Waals surface area contributed by atoms with E-state index in [4.69, 9.17) is 11.6 Å². The normalized spacial score (nSPS) is 10.6. The van der Waals surface area contributed by atoms with Gasteiger partial charge in [0, 0.05) is 33.6 Å². The zero-order chi connectivity index (χ0) is 11.9. The van der Waals surface area contributed by atoms with Crippen molar-refractivity contribution >= 4 is 34.7 Å². The highest BCUT2D eigenvalue weighted by Gasteiger charge is 1.96. The lowest BCUT2D eigenvalue weighted by Crippen LogP contribution is -2.15. The summed E-state index contributed by atoms with van der Waals surface area (Å²) in [7, 11) is 0. The van der Waals surface area contributed by atoms with E-state index in [-0.39, 0.29) is 0 Å². The van der Waals surface area contributed by atoms with Crippen molar-refractivity contribution in [3.63, 3.8) is 0 Å². The molecule has 90 valence electrons. The number of thiophene rings is 1. The van der Waals surface area contributed by atoms with Gasteiger partial charge in [0.05, 0.1) is 0 Å². The van der Waals surface area contributed by atoms with Gasteiger partial charge in [0.1, 0.15) is 0 Å². The van der Waals surface area contributed by atoms with Crippen LogP contribution in [0.25, 0.3) is 0 Å². The van der Waals surface area contributed by atoms with Crippen LogP contribution in [0.4, 0.5) is 0 Å². The molecule has 0 spiro atoms. The molecule has 0 saturated carbocycles. The Hall–Kier alpha value is -0.480. The standard InChI is InChI=1S/C13H14ClNS2/c14-11-3-1-4-12(9-11)17-8-6-15-10-13-5-2-7-16-13/h1-5,7,9,15H,6,8,10H2. The van der Waals surface area contributed by atoms with Gasteiger partial charge in [0.15, 0.2) is 0 Å². The quantitative estimate of drug-likeness (QED) is 0.627. The molecule has 0 aliphatic heterocycles. The average molecular weight is 284 g/mol. The van der Waals surface area contributed by atoms with Gasteiger partial charge in [-0.25, -0.2) is 0 Å². The van der Waals surface area contributed by atoms with Gasteiger partial charge in [-0.05, 0) is 29.6 Å². The van der Waals surface area contributed by atoms with Crippen LogP contribution in [0.2, 0.25) is 5.02 Å². The van der Waals surface area contributed by atoms with Gasteiger partial charge in [-0.2, -0.15) is 0 Å². The summed E-state index contributed by atoms with van der Waals surface area (Å²) in [5, 5.41) is 6.35. The van der Waals surface area contributed by atoms with E-state index in [2.05, 4.69) is 28.9 Å². The molecule has 0 amide bonds. The van der Waals surface area contributed by atoms with Crippen LogP contribution in [-0.2, 0) is 6.54 Å². The van der Waals surface area contributed by atoms with Crippen molar-refractivity contribution in [3.05, 3.63) is 51.7 Å². The van der Waals surface area contributed by atoms with Crippen LogP contribution in [0.5, 0.6) is 0 Å². The first-order valence-corrected chi connectivity index (χ1v) is 7.70. The third kappa shape index (κ3) is 4.72. The van der Waals surface area contributed by atoms with Crippen LogP contribution < -0.4 is 5.32 Å². The third-order valence-corrected chi connectivity index (χ3v) is 4.33. The zero-order valence-corrected chi connectivity index (χ0v) is 11.7. The molecule has 4 heteroatoms. The summed E-state index contributed by atoms with van der Waals surface area (Å²) in [6.45, 7) is 1.98. The maximum absolute atomic E-state index is 5.92. The Morgan fingerprint density at radius 3 is 2.94 bits per heavy atom. The molecule has 0 bridgehead atoms. The average Bonchev–Trinajstić information content (AvgIpc) is 2.82. The van der Waals surface area contributed by atoms with E-state index < -0.39 is 0 Å². The van der Waals surface area contributed by atoms with Crippen LogP contribution >= 0.6 is 34.7 Å². The van der Waals surface area contributed by atoms with Crippen molar-refractivity contribution in [2.24, 2.45) is 0 Å². The highest BCUT2D eigenvalue weighted by atomic mass is 35.5. The molecule has 0 aliphatic carbocycles. The molecule has 0 saturated heterocycles. The van der Waals surface area contributed by atoms with E-state index in [0.29, 0.717) is 0 Å². The molecule has 17 heavy (non-hydrogen) atoms. The van der Waals surface area contributed by atoms with Gasteiger partial charge < -0.3 is 5.32 Å². The van der Waals surface area contributed by atoms with E-state index in [1.165, 1.54) is 9.77 Å². The number of hydrogen-bond acceptors (Lipinski definition) is 3. The van der Waals surface area contributed by atoms with Crippen molar-refractivity contribution in [1.29, 1.82) is 0 Å². The number of nitrogens with one attached hydrogen (secondary N) is 1. The first kappa shape index (κ1) is 13.0. The maximum atomic E-state index is 5.92. The van der Waals surface area contributed by atoms with Gasteiger partial charge in [-0.15, -0.1) is 23.1 Å². The lowest BCUT2D eigenvalue weighted by molar-refractivity contribution is 0.741. The summed E-state index contributed by atoms with van der Waals surface area (Å²) in [5.74, 6) is 1.06. The molecule has 2 aromatic rings. The van der Waals surface area contributed by atoms with E-state index in [1.54, 1.807) is 11.3 Å². The fourth-order valence-electron chi connectivity index (χ4n) is 1.42. The second-order valence-corrected chi connectivity index (χ2v) is 6.20. The number of benzene rings is 1. The fraction of sp³-hybridized carbons (Fsp3) is 0.231. The minimum atomic E-state index is 0.807. The minimum Gasteiger partial charge on any atom is -0.311 e. The molecular formula is C13H14ClNS2. The minimum absolute atomic E-state index is 0.807. The van der Waals surface area contributed by atoms with Gasteiger partial charge >= 0.3 is 0 Å². The van der Waals surface area contributed by atoms with Crippen molar-refractivity contribution in [2.75, 3.05) is 12.3 Å². The molecule has 0 radical (unpaired) electrons. The first-order valence-electron chi connectivity index (χ1n) is 5.46. The Kier molecular flexibility index (Phi) is 5.39.